The van der Waals surface area contributed by atoms with Crippen LogP contribution in [0.2, 0.25) is 0 Å². The Hall–Kier alpha value is -0.850. The van der Waals surface area contributed by atoms with Gasteiger partial charge in [-0.3, -0.25) is 9.59 Å². The molecule has 0 aliphatic heterocycles. The lowest BCUT2D eigenvalue weighted by molar-refractivity contribution is -0.169. The molecule has 0 fully saturated rings. The zero-order chi connectivity index (χ0) is 16.1. The van der Waals surface area contributed by atoms with Crippen LogP contribution in [0.5, 0.6) is 0 Å². The molecule has 20 heavy (non-hydrogen) atoms. The zero-order valence-corrected chi connectivity index (χ0v) is 12.2. The van der Waals surface area contributed by atoms with E-state index in [4.69, 9.17) is 11.6 Å². The Kier molecular flexibility index (Phi) is 6.93. The quantitative estimate of drug-likeness (QED) is 0.579. The van der Waals surface area contributed by atoms with Crippen LogP contribution >= 0.6 is 11.6 Å². The van der Waals surface area contributed by atoms with Crippen LogP contribution in [0.1, 0.15) is 27.2 Å². The Bertz CT molecular complexity index is 356. The second-order valence-corrected chi connectivity index (χ2v) is 5.96. The topological polar surface area (TPSA) is 46.2 Å². The van der Waals surface area contributed by atoms with Gasteiger partial charge in [-0.25, -0.2) is 8.78 Å². The molecule has 0 rings (SSSR count). The van der Waals surface area contributed by atoms with E-state index in [0.717, 1.165) is 0 Å². The van der Waals surface area contributed by atoms with Crippen LogP contribution < -0.4 is 5.32 Å². The fourth-order valence-electron chi connectivity index (χ4n) is 1.58. The van der Waals surface area contributed by atoms with Gasteiger partial charge in [-0.2, -0.15) is 8.78 Å². The van der Waals surface area contributed by atoms with Gasteiger partial charge in [0.25, 0.3) is 5.91 Å². The highest BCUT2D eigenvalue weighted by Gasteiger charge is 2.49. The van der Waals surface area contributed by atoms with Crippen molar-refractivity contribution in [1.82, 2.24) is 5.32 Å². The van der Waals surface area contributed by atoms with Crippen molar-refractivity contribution < 1.29 is 27.2 Å². The van der Waals surface area contributed by atoms with E-state index < -0.39 is 36.5 Å². The molecule has 0 aromatic heterocycles. The van der Waals surface area contributed by atoms with Gasteiger partial charge in [0.15, 0.2) is 5.78 Å². The Morgan fingerprint density at radius 2 is 1.70 bits per heavy atom. The third-order valence-electron chi connectivity index (χ3n) is 2.53. The van der Waals surface area contributed by atoms with Crippen molar-refractivity contribution in [2.75, 3.05) is 12.4 Å². The second-order valence-electron chi connectivity index (χ2n) is 5.70. The second kappa shape index (κ2) is 7.24. The molecule has 0 aliphatic carbocycles. The molecule has 0 spiro atoms. The Labute approximate surface area is 120 Å². The molecule has 0 saturated carbocycles. The predicted octanol–water partition coefficient (Wildman–Crippen LogP) is 2.86. The van der Waals surface area contributed by atoms with Gasteiger partial charge in [-0.15, -0.1) is 11.6 Å². The number of carbonyl (C=O) groups is 2. The molecule has 8 heteroatoms. The molecule has 1 unspecified atom stereocenters. The standard InChI is InChI=1S/C12H18ClF4NO2/c1-11(2,3)4-7(8(19)5-13)6-18-10(20)12(16,17)9(14)15/h7,9H,4-6H2,1-3H3,(H,18,20). The van der Waals surface area contributed by atoms with Gasteiger partial charge in [0.2, 0.25) is 0 Å². The highest BCUT2D eigenvalue weighted by Crippen LogP contribution is 2.26. The van der Waals surface area contributed by atoms with Gasteiger partial charge in [0.05, 0.1) is 5.88 Å². The molecule has 0 aromatic carbocycles. The lowest BCUT2D eigenvalue weighted by atomic mass is 9.83. The number of halogens is 5. The molecular formula is C12H18ClF4NO2. The van der Waals surface area contributed by atoms with E-state index >= 15 is 0 Å². The minimum atomic E-state index is -4.77. The number of amides is 1. The molecule has 0 aromatic rings. The minimum absolute atomic E-state index is 0.291. The summed E-state index contributed by atoms with van der Waals surface area (Å²) in [5.41, 5.74) is -0.303. The van der Waals surface area contributed by atoms with Gasteiger partial charge >= 0.3 is 12.3 Å². The van der Waals surface area contributed by atoms with E-state index in [1.165, 1.54) is 0 Å². The fourth-order valence-corrected chi connectivity index (χ4v) is 1.80. The molecule has 1 amide bonds. The summed E-state index contributed by atoms with van der Waals surface area (Å²) in [7, 11) is 0. The maximum Gasteiger partial charge on any atom is 0.383 e. The fraction of sp³-hybridized carbons (Fsp3) is 0.833. The number of rotatable bonds is 7. The molecule has 1 atom stereocenters. The Morgan fingerprint density at radius 3 is 2.05 bits per heavy atom. The Balaban J connectivity index is 4.70. The summed E-state index contributed by atoms with van der Waals surface area (Å²) in [4.78, 5) is 22.6. The summed E-state index contributed by atoms with van der Waals surface area (Å²) < 4.78 is 49.4. The van der Waals surface area contributed by atoms with Crippen molar-refractivity contribution >= 4 is 23.3 Å². The van der Waals surface area contributed by atoms with Crippen LogP contribution in [-0.4, -0.2) is 36.5 Å². The van der Waals surface area contributed by atoms with Gasteiger partial charge in [-0.05, 0) is 11.8 Å². The molecule has 0 aliphatic rings. The summed E-state index contributed by atoms with van der Waals surface area (Å²) in [6.07, 6.45) is -3.80. The van der Waals surface area contributed by atoms with Gasteiger partial charge in [0, 0.05) is 12.5 Å². The van der Waals surface area contributed by atoms with E-state index in [-0.39, 0.29) is 11.3 Å². The number of alkyl halides is 5. The highest BCUT2D eigenvalue weighted by atomic mass is 35.5. The van der Waals surface area contributed by atoms with Crippen LogP contribution in [0.25, 0.3) is 0 Å². The van der Waals surface area contributed by atoms with Gasteiger partial charge in [-0.1, -0.05) is 20.8 Å². The average molecular weight is 320 g/mol. The number of hydrogen-bond acceptors (Lipinski definition) is 2. The van der Waals surface area contributed by atoms with E-state index in [2.05, 4.69) is 0 Å². The summed E-state index contributed by atoms with van der Waals surface area (Å²) >= 11 is 5.40. The maximum absolute atomic E-state index is 12.7. The summed E-state index contributed by atoms with van der Waals surface area (Å²) in [6.45, 7) is 5.01. The molecule has 0 heterocycles. The number of hydrogen-bond donors (Lipinski definition) is 1. The van der Waals surface area contributed by atoms with Gasteiger partial charge < -0.3 is 5.32 Å². The van der Waals surface area contributed by atoms with Gasteiger partial charge in [0.1, 0.15) is 0 Å². The maximum atomic E-state index is 12.7. The first-order valence-electron chi connectivity index (χ1n) is 5.94. The smallest absolute Gasteiger partial charge is 0.350 e. The van der Waals surface area contributed by atoms with Crippen LogP contribution in [0.4, 0.5) is 17.6 Å². The molecule has 1 N–H and O–H groups in total. The summed E-state index contributed by atoms with van der Waals surface area (Å²) in [5, 5.41) is 1.69. The van der Waals surface area contributed by atoms with E-state index in [9.17, 15) is 27.2 Å². The molecular weight excluding hydrogens is 302 g/mol. The van der Waals surface area contributed by atoms with E-state index in [1.807, 2.05) is 20.8 Å². The summed E-state index contributed by atoms with van der Waals surface area (Å²) in [5.74, 6) is -8.40. The zero-order valence-electron chi connectivity index (χ0n) is 11.5. The lowest BCUT2D eigenvalue weighted by Gasteiger charge is -2.25. The molecule has 0 radical (unpaired) electrons. The highest BCUT2D eigenvalue weighted by molar-refractivity contribution is 6.27. The van der Waals surface area contributed by atoms with E-state index in [0.29, 0.717) is 6.42 Å². The van der Waals surface area contributed by atoms with Crippen molar-refractivity contribution in [2.24, 2.45) is 11.3 Å². The molecule has 118 valence electrons. The first-order valence-corrected chi connectivity index (χ1v) is 6.48. The molecule has 0 bridgehead atoms. The van der Waals surface area contributed by atoms with Crippen molar-refractivity contribution in [1.29, 1.82) is 0 Å². The minimum Gasteiger partial charge on any atom is -0.350 e. The van der Waals surface area contributed by atoms with Crippen LogP contribution in [-0.2, 0) is 9.59 Å². The lowest BCUT2D eigenvalue weighted by Crippen LogP contribution is -2.47. The third kappa shape index (κ3) is 6.07. The SMILES string of the molecule is CC(C)(C)CC(CNC(=O)C(F)(F)C(F)F)C(=O)CCl. The van der Waals surface area contributed by atoms with Crippen molar-refractivity contribution in [3.63, 3.8) is 0 Å². The molecule has 0 saturated heterocycles. The first kappa shape index (κ1) is 19.1. The van der Waals surface area contributed by atoms with Crippen molar-refractivity contribution in [2.45, 2.75) is 39.5 Å². The number of nitrogens with one attached hydrogen (secondary N) is 1. The number of carbonyl (C=O) groups excluding carboxylic acids is 2. The van der Waals surface area contributed by atoms with Crippen LogP contribution in [0.3, 0.4) is 0 Å². The van der Waals surface area contributed by atoms with Crippen molar-refractivity contribution in [3.05, 3.63) is 0 Å². The Morgan fingerprint density at radius 1 is 1.20 bits per heavy atom. The van der Waals surface area contributed by atoms with Crippen molar-refractivity contribution in [3.8, 4) is 0 Å². The molecule has 3 nitrogen and oxygen atoms in total. The largest absolute Gasteiger partial charge is 0.383 e. The average Bonchev–Trinajstić information content (AvgIpc) is 2.31. The van der Waals surface area contributed by atoms with Crippen LogP contribution in [0, 0.1) is 11.3 Å². The predicted molar refractivity (Wildman–Crippen MR) is 67.2 cm³/mol. The summed E-state index contributed by atoms with van der Waals surface area (Å²) in [6, 6.07) is 0. The monoisotopic (exact) mass is 319 g/mol. The number of Topliss-reactive ketones (excluding diaryl/α,β-unsaturated/α-hetero) is 1. The normalized spacial score (nSPS) is 14.2. The number of ketones is 1. The first-order chi connectivity index (χ1) is 8.91. The third-order valence-corrected chi connectivity index (χ3v) is 2.80. The van der Waals surface area contributed by atoms with E-state index in [1.54, 1.807) is 5.32 Å². The van der Waals surface area contributed by atoms with Crippen LogP contribution in [0.15, 0.2) is 0 Å².